The largest absolute Gasteiger partial charge is 0.353 e. The Morgan fingerprint density at radius 1 is 0.960 bits per heavy atom. The number of piperazine rings is 1. The van der Waals surface area contributed by atoms with Crippen LogP contribution in [0.25, 0.3) is 0 Å². The van der Waals surface area contributed by atoms with E-state index in [1.165, 1.54) is 0 Å². The van der Waals surface area contributed by atoms with Crippen LogP contribution in [0.1, 0.15) is 24.3 Å². The van der Waals surface area contributed by atoms with Crippen molar-refractivity contribution in [2.45, 2.75) is 13.8 Å². The third-order valence-electron chi connectivity index (χ3n) is 4.50. The van der Waals surface area contributed by atoms with Crippen molar-refractivity contribution in [3.05, 3.63) is 42.2 Å². The number of hydrogen-bond donors (Lipinski definition) is 0. The normalized spacial score (nSPS) is 14.5. The first kappa shape index (κ1) is 17.1. The maximum atomic E-state index is 12.3. The Labute approximate surface area is 148 Å². The van der Waals surface area contributed by atoms with E-state index in [0.717, 1.165) is 37.8 Å². The number of carbonyl (C=O) groups is 1. The SMILES string of the molecule is CCN(CC)C(=O)c1ccc(N2CCN(c3ccccn3)CC2)nn1. The molecule has 3 rings (SSSR count). The second kappa shape index (κ2) is 7.92. The van der Waals surface area contributed by atoms with Gasteiger partial charge in [0.15, 0.2) is 11.5 Å². The summed E-state index contributed by atoms with van der Waals surface area (Å²) in [6.45, 7) is 8.76. The molecule has 7 nitrogen and oxygen atoms in total. The molecule has 2 aromatic heterocycles. The predicted molar refractivity (Wildman–Crippen MR) is 97.9 cm³/mol. The molecule has 132 valence electrons. The maximum Gasteiger partial charge on any atom is 0.274 e. The molecule has 0 spiro atoms. The van der Waals surface area contributed by atoms with Crippen LogP contribution in [-0.4, -0.2) is 65.3 Å². The Bertz CT molecular complexity index is 678. The van der Waals surface area contributed by atoms with Gasteiger partial charge in [-0.05, 0) is 38.1 Å². The average Bonchev–Trinajstić information content (AvgIpc) is 2.70. The van der Waals surface area contributed by atoms with Gasteiger partial charge in [0.25, 0.3) is 5.91 Å². The molecule has 0 aliphatic carbocycles. The van der Waals surface area contributed by atoms with Gasteiger partial charge >= 0.3 is 0 Å². The van der Waals surface area contributed by atoms with Gasteiger partial charge in [-0.15, -0.1) is 10.2 Å². The summed E-state index contributed by atoms with van der Waals surface area (Å²) >= 11 is 0. The first-order chi connectivity index (χ1) is 12.2. The number of nitrogens with zero attached hydrogens (tertiary/aromatic N) is 6. The lowest BCUT2D eigenvalue weighted by Crippen LogP contribution is -2.47. The van der Waals surface area contributed by atoms with E-state index in [-0.39, 0.29) is 5.91 Å². The molecule has 2 aromatic rings. The third-order valence-corrected chi connectivity index (χ3v) is 4.50. The van der Waals surface area contributed by atoms with Gasteiger partial charge in [0, 0.05) is 45.5 Å². The summed E-state index contributed by atoms with van der Waals surface area (Å²) in [7, 11) is 0. The van der Waals surface area contributed by atoms with Crippen LogP contribution in [0.5, 0.6) is 0 Å². The summed E-state index contributed by atoms with van der Waals surface area (Å²) in [6, 6.07) is 9.62. The molecule has 1 saturated heterocycles. The number of rotatable bonds is 5. The van der Waals surface area contributed by atoms with Gasteiger partial charge in [-0.3, -0.25) is 4.79 Å². The monoisotopic (exact) mass is 340 g/mol. The van der Waals surface area contributed by atoms with Crippen molar-refractivity contribution in [1.29, 1.82) is 0 Å². The molecule has 1 aliphatic rings. The standard InChI is InChI=1S/C18H24N6O/c1-3-22(4-2)18(25)15-8-9-17(21-20-15)24-13-11-23(12-14-24)16-7-5-6-10-19-16/h5-10H,3-4,11-14H2,1-2H3. The van der Waals surface area contributed by atoms with E-state index in [2.05, 4.69) is 25.0 Å². The summed E-state index contributed by atoms with van der Waals surface area (Å²) in [5.41, 5.74) is 0.402. The van der Waals surface area contributed by atoms with E-state index in [1.807, 2.05) is 44.3 Å². The van der Waals surface area contributed by atoms with Gasteiger partial charge in [0.05, 0.1) is 0 Å². The maximum absolute atomic E-state index is 12.3. The molecular weight excluding hydrogens is 316 g/mol. The number of amides is 1. The van der Waals surface area contributed by atoms with E-state index in [0.29, 0.717) is 18.8 Å². The number of pyridine rings is 1. The lowest BCUT2D eigenvalue weighted by Gasteiger charge is -2.35. The molecule has 0 aromatic carbocycles. The molecule has 0 radical (unpaired) electrons. The minimum absolute atomic E-state index is 0.0657. The molecule has 1 fully saturated rings. The third kappa shape index (κ3) is 3.87. The minimum atomic E-state index is -0.0657. The van der Waals surface area contributed by atoms with E-state index >= 15 is 0 Å². The fraction of sp³-hybridized carbons (Fsp3) is 0.444. The van der Waals surface area contributed by atoms with Crippen molar-refractivity contribution >= 4 is 17.5 Å². The molecule has 0 atom stereocenters. The molecule has 3 heterocycles. The highest BCUT2D eigenvalue weighted by molar-refractivity contribution is 5.92. The second-order valence-electron chi connectivity index (χ2n) is 5.92. The van der Waals surface area contributed by atoms with Crippen molar-refractivity contribution in [3.8, 4) is 0 Å². The Hall–Kier alpha value is -2.70. The number of aromatic nitrogens is 3. The van der Waals surface area contributed by atoms with Crippen molar-refractivity contribution in [2.75, 3.05) is 49.1 Å². The Morgan fingerprint density at radius 3 is 2.16 bits per heavy atom. The molecule has 25 heavy (non-hydrogen) atoms. The van der Waals surface area contributed by atoms with Crippen LogP contribution in [0.3, 0.4) is 0 Å². The quantitative estimate of drug-likeness (QED) is 0.825. The highest BCUT2D eigenvalue weighted by Gasteiger charge is 2.20. The van der Waals surface area contributed by atoms with E-state index in [4.69, 9.17) is 0 Å². The Morgan fingerprint density at radius 2 is 1.64 bits per heavy atom. The smallest absolute Gasteiger partial charge is 0.274 e. The van der Waals surface area contributed by atoms with E-state index in [9.17, 15) is 4.79 Å². The topological polar surface area (TPSA) is 65.5 Å². The van der Waals surface area contributed by atoms with Crippen LogP contribution in [-0.2, 0) is 0 Å². The summed E-state index contributed by atoms with van der Waals surface area (Å²) < 4.78 is 0. The van der Waals surface area contributed by atoms with Crippen LogP contribution in [0, 0.1) is 0 Å². The minimum Gasteiger partial charge on any atom is -0.353 e. The fourth-order valence-electron chi connectivity index (χ4n) is 2.99. The average molecular weight is 340 g/mol. The zero-order valence-corrected chi connectivity index (χ0v) is 14.8. The molecule has 7 heteroatoms. The van der Waals surface area contributed by atoms with Crippen molar-refractivity contribution in [3.63, 3.8) is 0 Å². The zero-order valence-electron chi connectivity index (χ0n) is 14.8. The van der Waals surface area contributed by atoms with Crippen molar-refractivity contribution in [1.82, 2.24) is 20.1 Å². The van der Waals surface area contributed by atoms with Crippen LogP contribution in [0.4, 0.5) is 11.6 Å². The summed E-state index contributed by atoms with van der Waals surface area (Å²) in [5, 5.41) is 8.41. The molecule has 0 N–H and O–H groups in total. The lowest BCUT2D eigenvalue weighted by molar-refractivity contribution is 0.0766. The van der Waals surface area contributed by atoms with Gasteiger partial charge in [0.1, 0.15) is 5.82 Å². The first-order valence-electron chi connectivity index (χ1n) is 8.76. The summed E-state index contributed by atoms with van der Waals surface area (Å²) in [6.07, 6.45) is 1.82. The summed E-state index contributed by atoms with van der Waals surface area (Å²) in [4.78, 5) is 22.9. The van der Waals surface area contributed by atoms with Crippen LogP contribution < -0.4 is 9.80 Å². The number of carbonyl (C=O) groups excluding carboxylic acids is 1. The van der Waals surface area contributed by atoms with Gasteiger partial charge in [-0.2, -0.15) is 0 Å². The van der Waals surface area contributed by atoms with Crippen molar-refractivity contribution < 1.29 is 4.79 Å². The molecule has 0 unspecified atom stereocenters. The molecule has 1 amide bonds. The molecule has 0 bridgehead atoms. The number of anilines is 2. The van der Waals surface area contributed by atoms with Gasteiger partial charge < -0.3 is 14.7 Å². The predicted octanol–water partition coefficient (Wildman–Crippen LogP) is 1.68. The van der Waals surface area contributed by atoms with Crippen LogP contribution in [0.15, 0.2) is 36.5 Å². The van der Waals surface area contributed by atoms with Crippen LogP contribution in [0.2, 0.25) is 0 Å². The van der Waals surface area contributed by atoms with Gasteiger partial charge in [-0.25, -0.2) is 4.98 Å². The summed E-state index contributed by atoms with van der Waals surface area (Å²) in [5.74, 6) is 1.76. The molecule has 0 saturated carbocycles. The van der Waals surface area contributed by atoms with Crippen LogP contribution >= 0.6 is 0 Å². The Kier molecular flexibility index (Phi) is 5.42. The molecular formula is C18H24N6O. The fourth-order valence-corrected chi connectivity index (χ4v) is 2.99. The highest BCUT2D eigenvalue weighted by atomic mass is 16.2. The van der Waals surface area contributed by atoms with Gasteiger partial charge in [0.2, 0.25) is 0 Å². The van der Waals surface area contributed by atoms with E-state index in [1.54, 1.807) is 11.0 Å². The lowest BCUT2D eigenvalue weighted by atomic mass is 10.3. The van der Waals surface area contributed by atoms with E-state index < -0.39 is 0 Å². The van der Waals surface area contributed by atoms with Crippen molar-refractivity contribution in [2.24, 2.45) is 0 Å². The second-order valence-corrected chi connectivity index (χ2v) is 5.92. The zero-order chi connectivity index (χ0) is 17.6. The molecule has 1 aliphatic heterocycles. The highest BCUT2D eigenvalue weighted by Crippen LogP contribution is 2.17. The van der Waals surface area contributed by atoms with Gasteiger partial charge in [-0.1, -0.05) is 6.07 Å². The first-order valence-corrected chi connectivity index (χ1v) is 8.76. The Balaban J connectivity index is 1.61. The number of hydrogen-bond acceptors (Lipinski definition) is 6.